The first kappa shape index (κ1) is 29.4. The van der Waals surface area contributed by atoms with Crippen molar-refractivity contribution in [3.63, 3.8) is 0 Å². The van der Waals surface area contributed by atoms with Crippen LogP contribution in [0.2, 0.25) is 0 Å². The van der Waals surface area contributed by atoms with Gasteiger partial charge in [0.25, 0.3) is 0 Å². The number of alkyl halides is 7. The summed E-state index contributed by atoms with van der Waals surface area (Å²) < 4.78 is 134. The van der Waals surface area contributed by atoms with Gasteiger partial charge >= 0.3 is 12.4 Å². The van der Waals surface area contributed by atoms with Crippen LogP contribution in [0, 0.1) is 5.92 Å². The fourth-order valence-corrected chi connectivity index (χ4v) is 9.49. The van der Waals surface area contributed by atoms with Crippen molar-refractivity contribution >= 4 is 35.8 Å². The molecule has 7 nitrogen and oxygen atoms in total. The van der Waals surface area contributed by atoms with Gasteiger partial charge in [-0.05, 0) is 36.3 Å². The highest BCUT2D eigenvalue weighted by atomic mass is 79.9. The van der Waals surface area contributed by atoms with Crippen molar-refractivity contribution in [3.8, 4) is 0 Å². The summed E-state index contributed by atoms with van der Waals surface area (Å²) in [5.41, 5.74) is 7.43. The first-order chi connectivity index (χ1) is 16.6. The molecule has 0 heterocycles. The van der Waals surface area contributed by atoms with E-state index in [1.165, 1.54) is 0 Å². The number of benzene rings is 2. The zero-order chi connectivity index (χ0) is 28.4. The lowest BCUT2D eigenvalue weighted by Crippen LogP contribution is -2.60. The quantitative estimate of drug-likeness (QED) is 0.264. The van der Waals surface area contributed by atoms with Crippen molar-refractivity contribution in [2.45, 2.75) is 44.7 Å². The van der Waals surface area contributed by atoms with Gasteiger partial charge in [0, 0.05) is 12.1 Å². The molecule has 0 radical (unpaired) electrons. The smallest absolute Gasteiger partial charge is 0.400 e. The Hall–Kier alpha value is -2.14. The van der Waals surface area contributed by atoms with E-state index in [1.54, 1.807) is 0 Å². The Morgan fingerprint density at radius 3 is 1.89 bits per heavy atom. The Morgan fingerprint density at radius 2 is 1.41 bits per heavy atom. The third-order valence-electron chi connectivity index (χ3n) is 6.23. The van der Waals surface area contributed by atoms with Crippen LogP contribution >= 0.6 is 15.9 Å². The van der Waals surface area contributed by atoms with Crippen molar-refractivity contribution in [1.29, 1.82) is 0 Å². The van der Waals surface area contributed by atoms with E-state index < -0.39 is 85.9 Å². The van der Waals surface area contributed by atoms with Crippen LogP contribution < -0.4 is 16.6 Å². The first-order valence-electron chi connectivity index (χ1n) is 10.1. The third-order valence-corrected chi connectivity index (χ3v) is 10.5. The van der Waals surface area contributed by atoms with Crippen LogP contribution in [0.5, 0.6) is 0 Å². The lowest BCUT2D eigenvalue weighted by Gasteiger charge is -2.50. The van der Waals surface area contributed by atoms with E-state index in [4.69, 9.17) is 16.6 Å². The minimum absolute atomic E-state index is 0.426. The Kier molecular flexibility index (Phi) is 7.13. The van der Waals surface area contributed by atoms with Crippen molar-refractivity contribution in [2.24, 2.45) is 22.5 Å². The van der Waals surface area contributed by atoms with Gasteiger partial charge in [-0.25, -0.2) is 22.0 Å². The summed E-state index contributed by atoms with van der Waals surface area (Å²) in [6.45, 7) is 0.807. The van der Waals surface area contributed by atoms with Crippen molar-refractivity contribution in [1.82, 2.24) is 0 Å². The minimum atomic E-state index is -5.71. The number of allylic oxidation sites excluding steroid dienone is 1. The molecule has 204 valence electrons. The van der Waals surface area contributed by atoms with E-state index in [9.17, 15) is 43.2 Å². The van der Waals surface area contributed by atoms with Crippen molar-refractivity contribution in [3.05, 3.63) is 70.9 Å². The summed E-state index contributed by atoms with van der Waals surface area (Å²) in [4.78, 5) is -2.32. The zero-order valence-corrected chi connectivity index (χ0v) is 21.9. The molecule has 1 aliphatic carbocycles. The van der Waals surface area contributed by atoms with Crippen LogP contribution in [-0.4, -0.2) is 27.5 Å². The monoisotopic (exact) mass is 635 g/mol. The number of rotatable bonds is 4. The van der Waals surface area contributed by atoms with Gasteiger partial charge in [0.2, 0.25) is 10.0 Å². The molecule has 6 N–H and O–H groups in total. The molecule has 3 atom stereocenters. The highest BCUT2D eigenvalue weighted by Crippen LogP contribution is 2.61. The predicted octanol–water partition coefficient (Wildman–Crippen LogP) is 3.89. The van der Waals surface area contributed by atoms with Crippen LogP contribution in [-0.2, 0) is 30.8 Å². The molecule has 0 saturated heterocycles. The second kappa shape index (κ2) is 8.97. The molecule has 0 aliphatic heterocycles. The minimum Gasteiger partial charge on any atom is -0.400 e. The molecule has 2 aromatic rings. The normalized spacial score (nSPS) is 25.8. The number of sulfone groups is 1. The summed E-state index contributed by atoms with van der Waals surface area (Å²) in [5.74, 6) is -3.16. The molecule has 0 bridgehead atoms. The molecule has 2 aromatic carbocycles. The van der Waals surface area contributed by atoms with E-state index >= 15 is 0 Å². The fraction of sp³-hybridized carbons (Fsp3) is 0.333. The lowest BCUT2D eigenvalue weighted by atomic mass is 9.70. The van der Waals surface area contributed by atoms with Crippen molar-refractivity contribution < 1.29 is 43.2 Å². The van der Waals surface area contributed by atoms with E-state index in [2.05, 4.69) is 15.9 Å². The summed E-state index contributed by atoms with van der Waals surface area (Å²) in [7, 11) is -10.6. The van der Waals surface area contributed by atoms with E-state index in [1.807, 2.05) is 0 Å². The Balaban J connectivity index is 2.69. The fourth-order valence-electron chi connectivity index (χ4n) is 4.77. The van der Waals surface area contributed by atoms with Gasteiger partial charge in [-0.1, -0.05) is 46.3 Å². The SMILES string of the molecule is CC1=C(N)C(N)(Br)CC(c2ccccc2C(F)(F)F)(S(=O)(=O)c2ccccc2S(N)(=O)=O)C1C(F)(F)F. The maximum Gasteiger partial charge on any atom is 0.416 e. The first-order valence-corrected chi connectivity index (χ1v) is 14.0. The van der Waals surface area contributed by atoms with Gasteiger partial charge in [0.05, 0.1) is 10.5 Å². The van der Waals surface area contributed by atoms with Gasteiger partial charge in [0.15, 0.2) is 9.84 Å². The Labute approximate surface area is 216 Å². The van der Waals surface area contributed by atoms with Crippen LogP contribution in [0.15, 0.2) is 69.6 Å². The van der Waals surface area contributed by atoms with Crippen LogP contribution in [0.1, 0.15) is 24.5 Å². The number of halogens is 7. The van der Waals surface area contributed by atoms with Crippen LogP contribution in [0.4, 0.5) is 26.3 Å². The zero-order valence-electron chi connectivity index (χ0n) is 18.7. The molecule has 0 spiro atoms. The summed E-state index contributed by atoms with van der Waals surface area (Å²) >= 11 is 2.90. The van der Waals surface area contributed by atoms with Crippen LogP contribution in [0.3, 0.4) is 0 Å². The number of nitrogens with two attached hydrogens (primary N) is 3. The molecule has 3 unspecified atom stereocenters. The average Bonchev–Trinajstić information content (AvgIpc) is 2.74. The van der Waals surface area contributed by atoms with Gasteiger partial charge in [-0.3, -0.25) is 0 Å². The number of hydrogen-bond acceptors (Lipinski definition) is 6. The molecular weight excluding hydrogens is 616 g/mol. The molecule has 37 heavy (non-hydrogen) atoms. The third kappa shape index (κ3) is 4.77. The van der Waals surface area contributed by atoms with Gasteiger partial charge in [-0.2, -0.15) is 26.3 Å². The number of primary sulfonamides is 1. The number of sulfonamides is 1. The maximum absolute atomic E-state index is 14.8. The standard InChI is InChI=1S/C21H20BrF6N3O4S2/c1-11-16(21(26,27)28)18(10-19(22,30)17(11)29,12-6-2-3-7-13(12)20(23,24)25)36(32,33)14-8-4-5-9-15(14)37(31,34)35/h2-9,16H,10,29-30H2,1H3,(H2,31,34,35). The highest BCUT2D eigenvalue weighted by molar-refractivity contribution is 9.10. The number of hydrogen-bond donors (Lipinski definition) is 3. The molecule has 0 saturated carbocycles. The molecular formula is C21H20BrF6N3O4S2. The second-order valence-electron chi connectivity index (χ2n) is 8.54. The lowest BCUT2D eigenvalue weighted by molar-refractivity contribution is -0.178. The van der Waals surface area contributed by atoms with E-state index in [0.29, 0.717) is 18.2 Å². The summed E-state index contributed by atoms with van der Waals surface area (Å²) in [6.07, 6.45) is -12.1. The molecule has 1 aliphatic rings. The topological polar surface area (TPSA) is 146 Å². The summed E-state index contributed by atoms with van der Waals surface area (Å²) in [5, 5.41) is 5.13. The average molecular weight is 636 g/mol. The van der Waals surface area contributed by atoms with E-state index in [0.717, 1.165) is 37.3 Å². The van der Waals surface area contributed by atoms with E-state index in [-0.39, 0.29) is 0 Å². The van der Waals surface area contributed by atoms with Gasteiger partial charge in [0.1, 0.15) is 20.0 Å². The molecule has 3 rings (SSSR count). The molecule has 0 fully saturated rings. The van der Waals surface area contributed by atoms with Gasteiger partial charge < -0.3 is 11.5 Å². The van der Waals surface area contributed by atoms with Gasteiger partial charge in [-0.15, -0.1) is 0 Å². The second-order valence-corrected chi connectivity index (χ2v) is 13.7. The molecule has 0 aromatic heterocycles. The Morgan fingerprint density at radius 1 is 0.919 bits per heavy atom. The Bertz CT molecular complexity index is 1490. The van der Waals surface area contributed by atoms with Crippen LogP contribution in [0.25, 0.3) is 0 Å². The highest BCUT2D eigenvalue weighted by Gasteiger charge is 2.68. The van der Waals surface area contributed by atoms with Crippen molar-refractivity contribution in [2.75, 3.05) is 0 Å². The predicted molar refractivity (Wildman–Crippen MR) is 125 cm³/mol. The molecule has 16 heteroatoms. The molecule has 0 amide bonds. The largest absolute Gasteiger partial charge is 0.416 e. The maximum atomic E-state index is 14.8. The summed E-state index contributed by atoms with van der Waals surface area (Å²) in [6, 6.07) is 6.25.